The normalized spacial score (nSPS) is 11.2. The Morgan fingerprint density at radius 1 is 0.214 bits per heavy atom. The second-order valence-electron chi connectivity index (χ2n) is 19.9. The van der Waals surface area contributed by atoms with E-state index in [0.717, 1.165) is 102 Å². The van der Waals surface area contributed by atoms with Crippen molar-refractivity contribution in [1.82, 2.24) is 0 Å². The van der Waals surface area contributed by atoms with Gasteiger partial charge in [0, 0.05) is 86.7 Å². The van der Waals surface area contributed by atoms with Crippen molar-refractivity contribution in [3.05, 3.63) is 237 Å². The van der Waals surface area contributed by atoms with Crippen molar-refractivity contribution in [3.8, 4) is 65.8 Å². The molecule has 10 aromatic carbocycles. The largest absolute Gasteiger partial charge is 0.497 e. The zero-order valence-corrected chi connectivity index (χ0v) is 49.5. The monoisotopic (exact) mass is 1160 g/mol. The van der Waals surface area contributed by atoms with Gasteiger partial charge >= 0.3 is 0 Å². The molecule has 3 heterocycles. The van der Waals surface area contributed by atoms with E-state index < -0.39 is 0 Å². The van der Waals surface area contributed by atoms with E-state index in [1.54, 1.807) is 42.7 Å². The van der Waals surface area contributed by atoms with Crippen molar-refractivity contribution in [3.63, 3.8) is 0 Å². The quantitative estimate of drug-likeness (QED) is 0.0836. The van der Waals surface area contributed by atoms with Gasteiger partial charge in [0.25, 0.3) is 0 Å². The molecule has 0 saturated carbocycles. The van der Waals surface area contributed by atoms with Crippen molar-refractivity contribution in [1.29, 1.82) is 0 Å². The smallest absolute Gasteiger partial charge is 0.119 e. The van der Waals surface area contributed by atoms with Crippen LogP contribution in [-0.2, 0) is 0 Å². The number of hydrogen-bond donors (Lipinski definition) is 0. The number of benzene rings is 10. The molecule has 0 N–H and O–H groups in total. The molecule has 0 fully saturated rings. The topological polar surface area (TPSA) is 65.1 Å². The van der Waals surface area contributed by atoms with Crippen molar-refractivity contribution in [2.24, 2.45) is 0 Å². The lowest BCUT2D eigenvalue weighted by Gasteiger charge is -2.26. The zero-order chi connectivity index (χ0) is 57.3. The molecule has 9 nitrogen and oxygen atoms in total. The van der Waals surface area contributed by atoms with Crippen LogP contribution in [0.2, 0.25) is 0 Å². The molecule has 0 bridgehead atoms. The SMILES string of the molecule is COc1ccc(N(c2ccc(OC)cc2)c2ccc(-c3cc4c5cc(-c6ccc(N(c7ccc(OC)cc7)c7ccc(OC)cc7)cc6)sc5c5sc(-c6ccc(N(c7ccc(OC)cc7)c7ccc(OC)cc7)cc6)cc5c4s3)cc2)cc1. The molecule has 0 aliphatic carbocycles. The second-order valence-corrected chi connectivity index (χ2v) is 23.1. The summed E-state index contributed by atoms with van der Waals surface area (Å²) in [7, 11) is 10.2. The lowest BCUT2D eigenvalue weighted by molar-refractivity contribution is 0.414. The summed E-state index contributed by atoms with van der Waals surface area (Å²) in [6, 6.07) is 83.1. The minimum atomic E-state index is 0.804. The van der Waals surface area contributed by atoms with E-state index in [4.69, 9.17) is 28.4 Å². The first kappa shape index (κ1) is 53.6. The third-order valence-electron chi connectivity index (χ3n) is 15.2. The Bertz CT molecular complexity index is 3700. The number of nitrogens with zero attached hydrogens (tertiary/aromatic N) is 3. The molecule has 0 saturated heterocycles. The summed E-state index contributed by atoms with van der Waals surface area (Å²) in [5.41, 5.74) is 12.7. The molecule has 0 unspecified atom stereocenters. The lowest BCUT2D eigenvalue weighted by Crippen LogP contribution is -2.09. The van der Waals surface area contributed by atoms with Gasteiger partial charge in [-0.1, -0.05) is 36.4 Å². The van der Waals surface area contributed by atoms with Crippen LogP contribution in [-0.4, -0.2) is 42.7 Å². The number of rotatable bonds is 18. The predicted molar refractivity (Wildman–Crippen MR) is 352 cm³/mol. The Morgan fingerprint density at radius 2 is 0.393 bits per heavy atom. The Balaban J connectivity index is 0.910. The van der Waals surface area contributed by atoms with Crippen LogP contribution in [0.4, 0.5) is 51.2 Å². The zero-order valence-electron chi connectivity index (χ0n) is 47.0. The van der Waals surface area contributed by atoms with Gasteiger partial charge in [0.2, 0.25) is 0 Å². The van der Waals surface area contributed by atoms with Crippen LogP contribution in [0, 0.1) is 0 Å². The minimum Gasteiger partial charge on any atom is -0.497 e. The van der Waals surface area contributed by atoms with Gasteiger partial charge in [0.15, 0.2) is 0 Å². The maximum absolute atomic E-state index is 5.54. The highest BCUT2D eigenvalue weighted by molar-refractivity contribution is 7.31. The lowest BCUT2D eigenvalue weighted by atomic mass is 10.1. The average Bonchev–Trinajstić information content (AvgIpc) is 2.86. The van der Waals surface area contributed by atoms with Crippen LogP contribution in [0.5, 0.6) is 34.5 Å². The van der Waals surface area contributed by atoms with E-state index in [2.05, 4.69) is 178 Å². The van der Waals surface area contributed by atoms with Gasteiger partial charge in [-0.3, -0.25) is 0 Å². The van der Waals surface area contributed by atoms with E-state index in [0.29, 0.717) is 0 Å². The van der Waals surface area contributed by atoms with Crippen LogP contribution < -0.4 is 43.1 Å². The molecule has 12 heteroatoms. The van der Waals surface area contributed by atoms with Gasteiger partial charge in [0.1, 0.15) is 34.5 Å². The molecular formula is C72H57N3O6S3. The first-order valence-electron chi connectivity index (χ1n) is 27.3. The molecule has 84 heavy (non-hydrogen) atoms. The summed E-state index contributed by atoms with van der Waals surface area (Å²) < 4.78 is 37.1. The van der Waals surface area contributed by atoms with Crippen LogP contribution in [0.15, 0.2) is 237 Å². The second kappa shape index (κ2) is 23.3. The Kier molecular flexibility index (Phi) is 14.8. The average molecular weight is 1160 g/mol. The summed E-state index contributed by atoms with van der Waals surface area (Å²) >= 11 is 5.59. The third-order valence-corrected chi connectivity index (χ3v) is 18.9. The van der Waals surface area contributed by atoms with Crippen LogP contribution in [0.1, 0.15) is 0 Å². The highest BCUT2D eigenvalue weighted by Gasteiger charge is 2.22. The van der Waals surface area contributed by atoms with Crippen LogP contribution in [0.3, 0.4) is 0 Å². The fraction of sp³-hybridized carbons (Fsp3) is 0.0833. The molecule has 0 amide bonds. The maximum Gasteiger partial charge on any atom is 0.119 e. The number of anilines is 9. The van der Waals surface area contributed by atoms with E-state index in [9.17, 15) is 0 Å². The van der Waals surface area contributed by atoms with Gasteiger partial charge in [0.05, 0.1) is 52.1 Å². The van der Waals surface area contributed by atoms with E-state index in [1.165, 1.54) is 44.9 Å². The highest BCUT2D eigenvalue weighted by atomic mass is 32.1. The first-order valence-corrected chi connectivity index (χ1v) is 29.7. The molecule has 414 valence electrons. The van der Waals surface area contributed by atoms with E-state index >= 15 is 0 Å². The van der Waals surface area contributed by atoms with Crippen LogP contribution >= 0.6 is 34.0 Å². The fourth-order valence-corrected chi connectivity index (χ4v) is 14.5. The minimum absolute atomic E-state index is 0.804. The summed E-state index contributed by atoms with van der Waals surface area (Å²) in [4.78, 5) is 10.4. The van der Waals surface area contributed by atoms with Gasteiger partial charge in [-0.15, -0.1) is 34.0 Å². The molecule has 13 rings (SSSR count). The summed E-state index contributed by atoms with van der Waals surface area (Å²) in [5.74, 6) is 4.83. The number of hydrogen-bond acceptors (Lipinski definition) is 12. The molecular weight excluding hydrogens is 1100 g/mol. The Hall–Kier alpha value is -9.72. The predicted octanol–water partition coefficient (Wildman–Crippen LogP) is 20.8. The molecule has 0 aliphatic rings. The summed E-state index contributed by atoms with van der Waals surface area (Å²) in [5, 5.41) is 3.76. The number of thiophene rings is 3. The summed E-state index contributed by atoms with van der Waals surface area (Å²) in [6.07, 6.45) is 0. The molecule has 0 radical (unpaired) electrons. The van der Waals surface area contributed by atoms with E-state index in [1.807, 2.05) is 107 Å². The molecule has 0 atom stereocenters. The Labute approximate surface area is 500 Å². The van der Waals surface area contributed by atoms with Gasteiger partial charge in [-0.25, -0.2) is 0 Å². The number of ether oxygens (including phenoxy) is 6. The molecule has 0 spiro atoms. The van der Waals surface area contributed by atoms with Crippen molar-refractivity contribution < 1.29 is 28.4 Å². The maximum atomic E-state index is 5.54. The molecule has 13 aromatic rings. The fourth-order valence-electron chi connectivity index (χ4n) is 10.8. The van der Waals surface area contributed by atoms with Crippen molar-refractivity contribution in [2.75, 3.05) is 57.4 Å². The molecule has 0 aliphatic heterocycles. The summed E-state index contributed by atoms with van der Waals surface area (Å²) in [6.45, 7) is 0. The van der Waals surface area contributed by atoms with E-state index in [-0.39, 0.29) is 0 Å². The van der Waals surface area contributed by atoms with Crippen molar-refractivity contribution >= 4 is 115 Å². The first-order chi connectivity index (χ1) is 41.3. The third kappa shape index (κ3) is 10.4. The van der Waals surface area contributed by atoms with Gasteiger partial charge < -0.3 is 43.1 Å². The van der Waals surface area contributed by atoms with Crippen molar-refractivity contribution in [2.45, 2.75) is 0 Å². The molecule has 3 aromatic heterocycles. The Morgan fingerprint density at radius 3 is 0.619 bits per heavy atom. The number of methoxy groups -OCH3 is 6. The van der Waals surface area contributed by atoms with Gasteiger partial charge in [-0.2, -0.15) is 0 Å². The van der Waals surface area contributed by atoms with Crippen LogP contribution in [0.25, 0.3) is 61.6 Å². The van der Waals surface area contributed by atoms with Gasteiger partial charge in [-0.05, 0) is 217 Å². The number of fused-ring (bicyclic) bond motifs is 6. The standard InChI is InChI=1S/C72H57N3O6S3/c1-76-58-31-19-52(20-32-58)73(53-21-33-59(77-2)34-22-53)49-13-7-46(8-14-49)67-43-64-65-44-68(47-9-15-50(16-10-47)74(54-23-35-60(78-3)36-24-54)55-25-37-61(79-4)38-26-55)83-71(65)72-66(70(64)82-67)45-69(84-72)48-11-17-51(18-12-48)75(56-27-39-62(80-5)40-28-56)57-29-41-63(81-6)42-30-57/h7-45H,1-6H3. The highest BCUT2D eigenvalue weighted by Crippen LogP contribution is 2.52.